The molecule has 2 N–H and O–H groups in total. The Morgan fingerprint density at radius 2 is 1.89 bits per heavy atom. The fraction of sp³-hybridized carbons (Fsp3) is 0.571. The van der Waals surface area contributed by atoms with Crippen LogP contribution in [0.5, 0.6) is 0 Å². The average Bonchev–Trinajstić information content (AvgIpc) is 2.41. The SMILES string of the molecule is CN1CCN(CCC(N)c2cccc(Cl)c2Cl)CC1. The lowest BCUT2D eigenvalue weighted by Crippen LogP contribution is -2.45. The summed E-state index contributed by atoms with van der Waals surface area (Å²) in [5.74, 6) is 0. The van der Waals surface area contributed by atoms with E-state index in [0.717, 1.165) is 44.7 Å². The van der Waals surface area contributed by atoms with Gasteiger partial charge in [0.1, 0.15) is 0 Å². The highest BCUT2D eigenvalue weighted by Gasteiger charge is 2.17. The van der Waals surface area contributed by atoms with Crippen molar-refractivity contribution in [1.29, 1.82) is 0 Å². The van der Waals surface area contributed by atoms with Crippen molar-refractivity contribution in [3.05, 3.63) is 33.8 Å². The van der Waals surface area contributed by atoms with Gasteiger partial charge in [0.15, 0.2) is 0 Å². The molecule has 1 saturated heterocycles. The number of halogens is 2. The summed E-state index contributed by atoms with van der Waals surface area (Å²) in [4.78, 5) is 4.81. The van der Waals surface area contributed by atoms with Crippen LogP contribution in [0.2, 0.25) is 10.0 Å². The third-order valence-electron chi connectivity index (χ3n) is 3.73. The van der Waals surface area contributed by atoms with E-state index in [-0.39, 0.29) is 6.04 Å². The summed E-state index contributed by atoms with van der Waals surface area (Å²) in [6.07, 6.45) is 0.907. The lowest BCUT2D eigenvalue weighted by atomic mass is 10.0. The summed E-state index contributed by atoms with van der Waals surface area (Å²) in [7, 11) is 2.16. The summed E-state index contributed by atoms with van der Waals surface area (Å²) >= 11 is 12.2. The number of nitrogens with two attached hydrogens (primary N) is 1. The molecule has 1 aliphatic rings. The van der Waals surface area contributed by atoms with Gasteiger partial charge in [-0.1, -0.05) is 35.3 Å². The number of hydrogen-bond acceptors (Lipinski definition) is 3. The fourth-order valence-electron chi connectivity index (χ4n) is 2.36. The molecule has 2 rings (SSSR count). The number of benzene rings is 1. The molecule has 0 spiro atoms. The summed E-state index contributed by atoms with van der Waals surface area (Å²) in [6, 6.07) is 5.61. The summed E-state index contributed by atoms with van der Waals surface area (Å²) in [5.41, 5.74) is 7.18. The predicted molar refractivity (Wildman–Crippen MR) is 81.9 cm³/mol. The quantitative estimate of drug-likeness (QED) is 0.928. The Morgan fingerprint density at radius 3 is 2.58 bits per heavy atom. The van der Waals surface area contributed by atoms with Crippen molar-refractivity contribution >= 4 is 23.2 Å². The summed E-state index contributed by atoms with van der Waals surface area (Å²) in [5, 5.41) is 1.17. The van der Waals surface area contributed by atoms with Crippen LogP contribution >= 0.6 is 23.2 Å². The van der Waals surface area contributed by atoms with Crippen LogP contribution in [0.15, 0.2) is 18.2 Å². The van der Waals surface area contributed by atoms with Gasteiger partial charge >= 0.3 is 0 Å². The first kappa shape index (κ1) is 15.1. The van der Waals surface area contributed by atoms with Gasteiger partial charge in [-0.15, -0.1) is 0 Å². The molecule has 1 unspecified atom stereocenters. The maximum Gasteiger partial charge on any atom is 0.0640 e. The maximum absolute atomic E-state index is 6.23. The third-order valence-corrected chi connectivity index (χ3v) is 4.57. The van der Waals surface area contributed by atoms with Crippen molar-refractivity contribution in [2.75, 3.05) is 39.8 Å². The molecule has 0 aromatic heterocycles. The van der Waals surface area contributed by atoms with Crippen molar-refractivity contribution in [2.24, 2.45) is 5.73 Å². The van der Waals surface area contributed by atoms with E-state index >= 15 is 0 Å². The molecular weight excluding hydrogens is 281 g/mol. The van der Waals surface area contributed by atoms with Gasteiger partial charge in [-0.05, 0) is 25.1 Å². The number of rotatable bonds is 4. The number of piperazine rings is 1. The van der Waals surface area contributed by atoms with Crippen LogP contribution in [0.25, 0.3) is 0 Å². The van der Waals surface area contributed by atoms with Gasteiger partial charge in [-0.2, -0.15) is 0 Å². The highest BCUT2D eigenvalue weighted by atomic mass is 35.5. The topological polar surface area (TPSA) is 32.5 Å². The molecule has 3 nitrogen and oxygen atoms in total. The largest absolute Gasteiger partial charge is 0.324 e. The number of likely N-dealkylation sites (N-methyl/N-ethyl adjacent to an activating group) is 1. The van der Waals surface area contributed by atoms with Crippen molar-refractivity contribution < 1.29 is 0 Å². The maximum atomic E-state index is 6.23. The van der Waals surface area contributed by atoms with Crippen LogP contribution < -0.4 is 5.73 Å². The Hall–Kier alpha value is -0.320. The van der Waals surface area contributed by atoms with Gasteiger partial charge in [-0.25, -0.2) is 0 Å². The minimum absolute atomic E-state index is 0.0501. The molecule has 1 fully saturated rings. The Bertz CT molecular complexity index is 417. The van der Waals surface area contributed by atoms with E-state index in [1.165, 1.54) is 0 Å². The van der Waals surface area contributed by atoms with E-state index in [1.807, 2.05) is 12.1 Å². The molecule has 5 heteroatoms. The smallest absolute Gasteiger partial charge is 0.0640 e. The molecule has 0 aliphatic carbocycles. The number of nitrogens with zero attached hydrogens (tertiary/aromatic N) is 2. The molecule has 1 aliphatic heterocycles. The molecule has 0 saturated carbocycles. The Balaban J connectivity index is 1.87. The Kier molecular flexibility index (Phi) is 5.48. The molecule has 0 radical (unpaired) electrons. The highest BCUT2D eigenvalue weighted by molar-refractivity contribution is 6.42. The van der Waals surface area contributed by atoms with Crippen LogP contribution in [-0.2, 0) is 0 Å². The highest BCUT2D eigenvalue weighted by Crippen LogP contribution is 2.30. The van der Waals surface area contributed by atoms with Crippen LogP contribution in [-0.4, -0.2) is 49.6 Å². The Labute approximate surface area is 125 Å². The zero-order valence-electron chi connectivity index (χ0n) is 11.3. The lowest BCUT2D eigenvalue weighted by Gasteiger charge is -2.33. The van der Waals surface area contributed by atoms with E-state index in [0.29, 0.717) is 10.0 Å². The first-order valence-electron chi connectivity index (χ1n) is 6.68. The van der Waals surface area contributed by atoms with Crippen molar-refractivity contribution in [3.8, 4) is 0 Å². The molecule has 0 bridgehead atoms. The van der Waals surface area contributed by atoms with Gasteiger partial charge in [0.25, 0.3) is 0 Å². The van der Waals surface area contributed by atoms with Gasteiger partial charge in [0.2, 0.25) is 0 Å². The zero-order chi connectivity index (χ0) is 13.8. The molecular formula is C14H21Cl2N3. The minimum atomic E-state index is -0.0501. The molecule has 1 aromatic rings. The van der Waals surface area contributed by atoms with Crippen LogP contribution in [0.3, 0.4) is 0 Å². The summed E-state index contributed by atoms with van der Waals surface area (Å²) in [6.45, 7) is 5.51. The zero-order valence-corrected chi connectivity index (χ0v) is 12.8. The van der Waals surface area contributed by atoms with E-state index in [4.69, 9.17) is 28.9 Å². The first-order valence-corrected chi connectivity index (χ1v) is 7.44. The van der Waals surface area contributed by atoms with Crippen molar-refractivity contribution in [2.45, 2.75) is 12.5 Å². The minimum Gasteiger partial charge on any atom is -0.324 e. The van der Waals surface area contributed by atoms with Crippen LogP contribution in [0, 0.1) is 0 Å². The molecule has 1 atom stereocenters. The normalized spacial score (nSPS) is 19.6. The third kappa shape index (κ3) is 4.07. The van der Waals surface area contributed by atoms with Crippen molar-refractivity contribution in [3.63, 3.8) is 0 Å². The standard InChI is InChI=1S/C14H21Cl2N3/c1-18-7-9-19(10-8-18)6-5-13(17)11-3-2-4-12(15)14(11)16/h2-4,13H,5-10,17H2,1H3. The average molecular weight is 302 g/mol. The van der Waals surface area contributed by atoms with Gasteiger partial charge in [0, 0.05) is 38.8 Å². The van der Waals surface area contributed by atoms with Crippen molar-refractivity contribution in [1.82, 2.24) is 9.80 Å². The molecule has 106 valence electrons. The second-order valence-corrected chi connectivity index (χ2v) is 5.97. The van der Waals surface area contributed by atoms with E-state index < -0.39 is 0 Å². The van der Waals surface area contributed by atoms with E-state index in [2.05, 4.69) is 16.8 Å². The lowest BCUT2D eigenvalue weighted by molar-refractivity contribution is 0.150. The van der Waals surface area contributed by atoms with Gasteiger partial charge in [-0.3, -0.25) is 0 Å². The monoisotopic (exact) mass is 301 g/mol. The second-order valence-electron chi connectivity index (χ2n) is 5.18. The van der Waals surface area contributed by atoms with E-state index in [1.54, 1.807) is 6.07 Å². The van der Waals surface area contributed by atoms with Gasteiger partial charge < -0.3 is 15.5 Å². The second kappa shape index (κ2) is 6.91. The van der Waals surface area contributed by atoms with E-state index in [9.17, 15) is 0 Å². The summed E-state index contributed by atoms with van der Waals surface area (Å²) < 4.78 is 0. The molecule has 19 heavy (non-hydrogen) atoms. The molecule has 0 amide bonds. The van der Waals surface area contributed by atoms with Gasteiger partial charge in [0.05, 0.1) is 10.0 Å². The Morgan fingerprint density at radius 1 is 1.21 bits per heavy atom. The first-order chi connectivity index (χ1) is 9.08. The molecule has 1 aromatic carbocycles. The number of hydrogen-bond donors (Lipinski definition) is 1. The predicted octanol–water partition coefficient (Wildman–Crippen LogP) is 2.63. The fourth-order valence-corrected chi connectivity index (χ4v) is 2.80. The van der Waals surface area contributed by atoms with Crippen LogP contribution in [0.1, 0.15) is 18.0 Å². The molecule has 1 heterocycles. The van der Waals surface area contributed by atoms with Crippen LogP contribution in [0.4, 0.5) is 0 Å².